The summed E-state index contributed by atoms with van der Waals surface area (Å²) < 4.78 is 32.6. The molecular weight excluding hydrogens is 420 g/mol. The first-order chi connectivity index (χ1) is 15.3. The van der Waals surface area contributed by atoms with Crippen molar-refractivity contribution in [3.05, 3.63) is 65.9 Å². The van der Waals surface area contributed by atoms with E-state index in [1.807, 2.05) is 25.1 Å². The van der Waals surface area contributed by atoms with Crippen molar-refractivity contribution in [3.63, 3.8) is 0 Å². The molecule has 8 nitrogen and oxygen atoms in total. The van der Waals surface area contributed by atoms with Crippen LogP contribution in [-0.2, 0) is 0 Å². The van der Waals surface area contributed by atoms with Crippen LogP contribution in [0.5, 0.6) is 0 Å². The van der Waals surface area contributed by atoms with E-state index in [0.29, 0.717) is 22.6 Å². The average Bonchev–Trinajstić information content (AvgIpc) is 3.40. The van der Waals surface area contributed by atoms with Gasteiger partial charge in [-0.15, -0.1) is 0 Å². The molecular formula is C22H19F2N5O3. The predicted octanol–water partition coefficient (Wildman–Crippen LogP) is 3.82. The molecule has 1 aromatic carbocycles. The molecule has 1 aliphatic carbocycles. The molecule has 10 heteroatoms. The van der Waals surface area contributed by atoms with E-state index in [2.05, 4.69) is 20.4 Å². The number of benzene rings is 1. The van der Waals surface area contributed by atoms with E-state index < -0.39 is 17.9 Å². The van der Waals surface area contributed by atoms with E-state index in [9.17, 15) is 18.7 Å². The highest BCUT2D eigenvalue weighted by atomic mass is 19.3. The van der Waals surface area contributed by atoms with Crippen LogP contribution in [0.1, 0.15) is 40.7 Å². The Morgan fingerprint density at radius 2 is 2.12 bits per heavy atom. The van der Waals surface area contributed by atoms with Gasteiger partial charge in [0, 0.05) is 23.4 Å². The molecule has 0 atom stereocenters. The van der Waals surface area contributed by atoms with E-state index in [4.69, 9.17) is 4.52 Å². The number of aliphatic hydroxyl groups is 1. The van der Waals surface area contributed by atoms with Crippen molar-refractivity contribution < 1.29 is 23.2 Å². The maximum Gasteiger partial charge on any atom is 0.274 e. The predicted molar refractivity (Wildman–Crippen MR) is 111 cm³/mol. The third-order valence-corrected chi connectivity index (χ3v) is 5.79. The van der Waals surface area contributed by atoms with Gasteiger partial charge in [-0.3, -0.25) is 9.20 Å². The first-order valence-electron chi connectivity index (χ1n) is 10.0. The van der Waals surface area contributed by atoms with E-state index >= 15 is 0 Å². The van der Waals surface area contributed by atoms with Crippen LogP contribution in [0.4, 0.5) is 14.5 Å². The van der Waals surface area contributed by atoms with Crippen LogP contribution in [0.25, 0.3) is 17.0 Å². The topological polar surface area (TPSA) is 106 Å². The van der Waals surface area contributed by atoms with Crippen LogP contribution in [0.15, 0.2) is 53.3 Å². The zero-order valence-corrected chi connectivity index (χ0v) is 17.0. The fourth-order valence-corrected chi connectivity index (χ4v) is 3.85. The summed E-state index contributed by atoms with van der Waals surface area (Å²) in [6, 6.07) is 10.8. The number of rotatable bonds is 5. The molecule has 3 heterocycles. The van der Waals surface area contributed by atoms with Gasteiger partial charge in [-0.2, -0.15) is 4.98 Å². The Morgan fingerprint density at radius 3 is 2.91 bits per heavy atom. The summed E-state index contributed by atoms with van der Waals surface area (Å²) in [7, 11) is 0. The number of aryl methyl sites for hydroxylation is 1. The Balaban J connectivity index is 1.36. The average molecular weight is 439 g/mol. The van der Waals surface area contributed by atoms with Crippen molar-refractivity contribution in [2.75, 3.05) is 5.32 Å². The lowest BCUT2D eigenvalue weighted by atomic mass is 9.71. The van der Waals surface area contributed by atoms with Gasteiger partial charge in [0.2, 0.25) is 11.7 Å². The van der Waals surface area contributed by atoms with Gasteiger partial charge in [0.05, 0.1) is 6.20 Å². The summed E-state index contributed by atoms with van der Waals surface area (Å²) in [6.07, 6.45) is 0.213. The highest BCUT2D eigenvalue weighted by Gasteiger charge is 2.52. The minimum absolute atomic E-state index is 0.124. The molecule has 5 rings (SSSR count). The minimum atomic E-state index is -2.81. The van der Waals surface area contributed by atoms with Gasteiger partial charge >= 0.3 is 0 Å². The molecule has 164 valence electrons. The lowest BCUT2D eigenvalue weighted by Crippen LogP contribution is -2.48. The molecule has 32 heavy (non-hydrogen) atoms. The number of nitrogens with one attached hydrogen (secondary N) is 1. The van der Waals surface area contributed by atoms with Crippen molar-refractivity contribution in [2.45, 2.75) is 37.7 Å². The van der Waals surface area contributed by atoms with Crippen molar-refractivity contribution in [1.82, 2.24) is 19.5 Å². The fourth-order valence-electron chi connectivity index (χ4n) is 3.85. The van der Waals surface area contributed by atoms with Crippen LogP contribution >= 0.6 is 0 Å². The Kier molecular flexibility index (Phi) is 4.74. The van der Waals surface area contributed by atoms with Gasteiger partial charge in [0.25, 0.3) is 12.3 Å². The number of fused-ring (bicyclic) bond motifs is 1. The van der Waals surface area contributed by atoms with Gasteiger partial charge in [0.15, 0.2) is 0 Å². The lowest BCUT2D eigenvalue weighted by molar-refractivity contribution is -0.156. The highest BCUT2D eigenvalue weighted by Crippen LogP contribution is 2.47. The van der Waals surface area contributed by atoms with Crippen LogP contribution in [0.3, 0.4) is 0 Å². The number of alkyl halides is 2. The van der Waals surface area contributed by atoms with Crippen LogP contribution < -0.4 is 5.32 Å². The number of anilines is 1. The van der Waals surface area contributed by atoms with Gasteiger partial charge in [-0.05, 0) is 43.5 Å². The van der Waals surface area contributed by atoms with Gasteiger partial charge in [-0.1, -0.05) is 23.4 Å². The zero-order chi connectivity index (χ0) is 22.5. The van der Waals surface area contributed by atoms with E-state index in [-0.39, 0.29) is 30.5 Å². The Morgan fingerprint density at radius 1 is 1.31 bits per heavy atom. The van der Waals surface area contributed by atoms with Crippen LogP contribution in [0.2, 0.25) is 0 Å². The highest BCUT2D eigenvalue weighted by molar-refractivity contribution is 6.04. The SMILES string of the molecule is Cc1ccc(-c2noc(C3CC(O)(C(F)F)C3)n2)cc1NC(=O)c1cnc2ccccn12. The second-order valence-electron chi connectivity index (χ2n) is 8.02. The van der Waals surface area contributed by atoms with Crippen LogP contribution in [-0.4, -0.2) is 42.6 Å². The van der Waals surface area contributed by atoms with Crippen molar-refractivity contribution >= 4 is 17.2 Å². The quantitative estimate of drug-likeness (QED) is 0.490. The van der Waals surface area contributed by atoms with E-state index in [0.717, 1.165) is 5.56 Å². The second-order valence-corrected chi connectivity index (χ2v) is 8.02. The number of halogens is 2. The number of aromatic nitrogens is 4. The minimum Gasteiger partial charge on any atom is -0.384 e. The first-order valence-corrected chi connectivity index (χ1v) is 10.0. The molecule has 0 radical (unpaired) electrons. The summed E-state index contributed by atoms with van der Waals surface area (Å²) in [6.45, 7) is 1.86. The zero-order valence-electron chi connectivity index (χ0n) is 17.0. The Bertz CT molecular complexity index is 1310. The Labute approximate surface area is 180 Å². The second kappa shape index (κ2) is 7.49. The largest absolute Gasteiger partial charge is 0.384 e. The van der Waals surface area contributed by atoms with E-state index in [1.54, 1.807) is 28.8 Å². The molecule has 0 saturated heterocycles. The molecule has 1 fully saturated rings. The molecule has 1 saturated carbocycles. The number of carbonyl (C=O) groups is 1. The van der Waals surface area contributed by atoms with Gasteiger partial charge in [0.1, 0.15) is 16.9 Å². The number of nitrogens with zero attached hydrogens (tertiary/aromatic N) is 4. The number of carbonyl (C=O) groups excluding carboxylic acids is 1. The molecule has 3 aromatic heterocycles. The third kappa shape index (κ3) is 3.42. The molecule has 1 aliphatic rings. The maximum absolute atomic E-state index is 12.8. The van der Waals surface area contributed by atoms with Gasteiger partial charge in [-0.25, -0.2) is 13.8 Å². The van der Waals surface area contributed by atoms with E-state index in [1.165, 1.54) is 6.20 Å². The fraction of sp³-hybridized carbons (Fsp3) is 0.273. The third-order valence-electron chi connectivity index (χ3n) is 5.79. The number of pyridine rings is 1. The molecule has 1 amide bonds. The molecule has 0 unspecified atom stereocenters. The molecule has 4 aromatic rings. The first kappa shape index (κ1) is 20.3. The van der Waals surface area contributed by atoms with Crippen molar-refractivity contribution in [3.8, 4) is 11.4 Å². The molecule has 0 bridgehead atoms. The number of hydrogen-bond donors (Lipinski definition) is 2. The molecule has 0 aliphatic heterocycles. The molecule has 2 N–H and O–H groups in total. The monoisotopic (exact) mass is 439 g/mol. The van der Waals surface area contributed by atoms with Crippen molar-refractivity contribution in [2.24, 2.45) is 0 Å². The summed E-state index contributed by atoms with van der Waals surface area (Å²) >= 11 is 0. The summed E-state index contributed by atoms with van der Waals surface area (Å²) in [5, 5.41) is 16.6. The number of amides is 1. The normalized spacial score (nSPS) is 20.5. The van der Waals surface area contributed by atoms with Gasteiger partial charge < -0.3 is 14.9 Å². The van der Waals surface area contributed by atoms with Crippen molar-refractivity contribution in [1.29, 1.82) is 0 Å². The van der Waals surface area contributed by atoms with Crippen LogP contribution in [0, 0.1) is 6.92 Å². The lowest BCUT2D eigenvalue weighted by Gasteiger charge is -2.40. The standard InChI is InChI=1S/C22H19F2N5O3/c1-12-5-6-13(18-27-20(32-28-18)14-9-22(31,10-14)21(23)24)8-15(12)26-19(30)16-11-25-17-4-2-3-7-29(16)17/h2-8,11,14,21,31H,9-10H2,1H3,(H,26,30). The molecule has 0 spiro atoms. The number of imidazole rings is 1. The summed E-state index contributed by atoms with van der Waals surface area (Å²) in [4.78, 5) is 21.4. The maximum atomic E-state index is 12.8. The smallest absolute Gasteiger partial charge is 0.274 e. The number of hydrogen-bond acceptors (Lipinski definition) is 6. The summed E-state index contributed by atoms with van der Waals surface area (Å²) in [5.41, 5.74) is 1.07. The Hall–Kier alpha value is -3.66. The summed E-state index contributed by atoms with van der Waals surface area (Å²) in [5.74, 6) is -0.242.